The Morgan fingerprint density at radius 3 is 2.00 bits per heavy atom. The molecule has 0 aromatic carbocycles. The third-order valence-electron chi connectivity index (χ3n) is 1.04. The Balaban J connectivity index is 3.33. The van der Waals surface area contributed by atoms with E-state index in [0.717, 1.165) is 0 Å². The largest absolute Gasteiger partial charge is 0.104 e. The minimum atomic E-state index is 0.167. The van der Waals surface area contributed by atoms with E-state index in [0.29, 0.717) is 5.92 Å². The van der Waals surface area contributed by atoms with E-state index >= 15 is 0 Å². The Bertz CT molecular complexity index is 57.2. The molecule has 0 saturated carbocycles. The summed E-state index contributed by atoms with van der Waals surface area (Å²) < 4.78 is 0. The second kappa shape index (κ2) is 2.89. The van der Waals surface area contributed by atoms with Crippen molar-refractivity contribution in [2.24, 2.45) is 5.92 Å². The molecule has 0 nitrogen and oxygen atoms in total. The third-order valence-corrected chi connectivity index (χ3v) is 1.04. The Labute approximate surface area is 47.0 Å². The maximum Gasteiger partial charge on any atom is 0.0758 e. The normalized spacial score (nSPS) is 14.1. The molecule has 1 atom stereocenters. The van der Waals surface area contributed by atoms with Crippen LogP contribution in [0.4, 0.5) is 0 Å². The first kappa shape index (κ1) is 6.80. The van der Waals surface area contributed by atoms with E-state index in [4.69, 9.17) is 7.85 Å². The van der Waals surface area contributed by atoms with E-state index in [1.165, 1.54) is 0 Å². The Kier molecular flexibility index (Phi) is 2.81. The van der Waals surface area contributed by atoms with Crippen LogP contribution in [-0.4, -0.2) is 7.85 Å². The first-order chi connectivity index (χ1) is 3.18. The van der Waals surface area contributed by atoms with Crippen LogP contribution >= 0.6 is 0 Å². The molecule has 0 aromatic rings. The fourth-order valence-electron chi connectivity index (χ4n) is 0.272. The lowest BCUT2D eigenvalue weighted by molar-refractivity contribution is 0.663. The minimum Gasteiger partial charge on any atom is -0.104 e. The van der Waals surface area contributed by atoms with Gasteiger partial charge in [0.2, 0.25) is 0 Å². The maximum atomic E-state index is 5.50. The predicted octanol–water partition coefficient (Wildman–Crippen LogP) is 1.79. The number of hydrogen-bond acceptors (Lipinski definition) is 0. The van der Waals surface area contributed by atoms with E-state index < -0.39 is 0 Å². The molecule has 0 aromatic heterocycles. The summed E-state index contributed by atoms with van der Waals surface area (Å²) in [5.41, 5.74) is 0. The van der Waals surface area contributed by atoms with Crippen molar-refractivity contribution in [1.29, 1.82) is 0 Å². The quantitative estimate of drug-likeness (QED) is 0.361. The molecule has 2 radical (unpaired) electrons. The van der Waals surface area contributed by atoms with E-state index in [9.17, 15) is 0 Å². The molecule has 0 bridgehead atoms. The first-order valence-corrected chi connectivity index (χ1v) is 2.56. The molecule has 0 aliphatic rings. The summed E-state index contributed by atoms with van der Waals surface area (Å²) in [5, 5.41) is 0. The Hall–Kier alpha value is -0.195. The van der Waals surface area contributed by atoms with Gasteiger partial charge in [-0.05, 0) is 5.92 Å². The van der Waals surface area contributed by atoms with Gasteiger partial charge in [0, 0.05) is 0 Å². The van der Waals surface area contributed by atoms with Crippen LogP contribution in [0.3, 0.4) is 0 Å². The molecule has 0 fully saturated rings. The molecule has 1 unspecified atom stereocenters. The van der Waals surface area contributed by atoms with E-state index in [1.807, 2.05) is 0 Å². The lowest BCUT2D eigenvalue weighted by Gasteiger charge is -2.07. The topological polar surface area (TPSA) is 0 Å². The molecular weight excluding hydrogens is 82.9 g/mol. The smallest absolute Gasteiger partial charge is 0.0758 e. The molecule has 1 heteroatoms. The molecular formula is C6H11B. The average Bonchev–Trinajstić information content (AvgIpc) is 1.65. The number of allylic oxidation sites excluding steroid dienone is 1. The van der Waals surface area contributed by atoms with Gasteiger partial charge in [-0.3, -0.25) is 0 Å². The fraction of sp³-hybridized carbons (Fsp3) is 0.667. The number of rotatable bonds is 2. The van der Waals surface area contributed by atoms with E-state index in [-0.39, 0.29) is 5.82 Å². The zero-order valence-electron chi connectivity index (χ0n) is 5.02. The van der Waals surface area contributed by atoms with Crippen molar-refractivity contribution in [2.45, 2.75) is 19.7 Å². The van der Waals surface area contributed by atoms with Gasteiger partial charge in [-0.1, -0.05) is 25.7 Å². The molecule has 38 valence electrons. The van der Waals surface area contributed by atoms with Crippen LogP contribution in [0.15, 0.2) is 12.7 Å². The van der Waals surface area contributed by atoms with Crippen molar-refractivity contribution < 1.29 is 0 Å². The van der Waals surface area contributed by atoms with Crippen molar-refractivity contribution in [3.05, 3.63) is 12.7 Å². The lowest BCUT2D eigenvalue weighted by Crippen LogP contribution is -1.95. The summed E-state index contributed by atoms with van der Waals surface area (Å²) in [7, 11) is 5.50. The Morgan fingerprint density at radius 2 is 2.00 bits per heavy atom. The highest BCUT2D eigenvalue weighted by Crippen LogP contribution is 2.12. The average molecular weight is 94.0 g/mol. The van der Waals surface area contributed by atoms with Crippen LogP contribution in [0.2, 0.25) is 5.82 Å². The zero-order chi connectivity index (χ0) is 5.86. The highest BCUT2D eigenvalue weighted by molar-refractivity contribution is 6.13. The van der Waals surface area contributed by atoms with Gasteiger partial charge in [0.1, 0.15) is 0 Å². The predicted molar refractivity (Wildman–Crippen MR) is 34.5 cm³/mol. The van der Waals surface area contributed by atoms with Crippen molar-refractivity contribution in [3.63, 3.8) is 0 Å². The van der Waals surface area contributed by atoms with Crippen LogP contribution in [-0.2, 0) is 0 Å². The van der Waals surface area contributed by atoms with E-state index in [1.54, 1.807) is 6.08 Å². The van der Waals surface area contributed by atoms with Gasteiger partial charge in [0.05, 0.1) is 7.85 Å². The van der Waals surface area contributed by atoms with Gasteiger partial charge in [0.15, 0.2) is 0 Å². The molecule has 7 heavy (non-hydrogen) atoms. The zero-order valence-corrected chi connectivity index (χ0v) is 5.02. The first-order valence-electron chi connectivity index (χ1n) is 2.56. The molecule has 0 heterocycles. The van der Waals surface area contributed by atoms with Crippen LogP contribution in [0.1, 0.15) is 13.8 Å². The van der Waals surface area contributed by atoms with Gasteiger partial charge < -0.3 is 0 Å². The summed E-state index contributed by atoms with van der Waals surface area (Å²) in [6.07, 6.45) is 1.77. The fourth-order valence-corrected chi connectivity index (χ4v) is 0.272. The van der Waals surface area contributed by atoms with Gasteiger partial charge in [0.25, 0.3) is 0 Å². The van der Waals surface area contributed by atoms with Crippen LogP contribution < -0.4 is 0 Å². The standard InChI is InChI=1S/C6H11B/c1-4-6(7)5(2)3/h4-6H,1H2,2-3H3. The van der Waals surface area contributed by atoms with Gasteiger partial charge in [-0.15, -0.1) is 6.58 Å². The summed E-state index contributed by atoms with van der Waals surface area (Å²) in [4.78, 5) is 0. The summed E-state index contributed by atoms with van der Waals surface area (Å²) in [6.45, 7) is 7.71. The van der Waals surface area contributed by atoms with Gasteiger partial charge in [-0.25, -0.2) is 0 Å². The summed E-state index contributed by atoms with van der Waals surface area (Å²) in [5.74, 6) is 0.692. The maximum absolute atomic E-state index is 5.50. The molecule has 0 N–H and O–H groups in total. The van der Waals surface area contributed by atoms with Gasteiger partial charge >= 0.3 is 0 Å². The van der Waals surface area contributed by atoms with Crippen molar-refractivity contribution in [2.75, 3.05) is 0 Å². The monoisotopic (exact) mass is 94.1 g/mol. The van der Waals surface area contributed by atoms with Crippen LogP contribution in [0.5, 0.6) is 0 Å². The third kappa shape index (κ3) is 2.49. The molecule has 0 aliphatic heterocycles. The van der Waals surface area contributed by atoms with E-state index in [2.05, 4.69) is 20.4 Å². The van der Waals surface area contributed by atoms with Crippen LogP contribution in [0, 0.1) is 5.92 Å². The molecule has 0 saturated heterocycles. The molecule has 0 rings (SSSR count). The number of hydrogen-bond donors (Lipinski definition) is 0. The SMILES string of the molecule is [B]C(C=C)C(C)C. The van der Waals surface area contributed by atoms with Crippen molar-refractivity contribution >= 4 is 7.85 Å². The highest BCUT2D eigenvalue weighted by Gasteiger charge is 1.98. The highest BCUT2D eigenvalue weighted by atomic mass is 14.0. The summed E-state index contributed by atoms with van der Waals surface area (Å²) >= 11 is 0. The molecule has 0 spiro atoms. The Morgan fingerprint density at radius 1 is 1.57 bits per heavy atom. The summed E-state index contributed by atoms with van der Waals surface area (Å²) in [6, 6.07) is 0. The minimum absolute atomic E-state index is 0.167. The second-order valence-electron chi connectivity index (χ2n) is 2.06. The molecule has 0 aliphatic carbocycles. The molecule has 0 amide bonds. The van der Waals surface area contributed by atoms with Crippen molar-refractivity contribution in [1.82, 2.24) is 0 Å². The second-order valence-corrected chi connectivity index (χ2v) is 2.06. The van der Waals surface area contributed by atoms with Gasteiger partial charge in [-0.2, -0.15) is 0 Å². The van der Waals surface area contributed by atoms with Crippen LogP contribution in [0.25, 0.3) is 0 Å². The van der Waals surface area contributed by atoms with Crippen molar-refractivity contribution in [3.8, 4) is 0 Å². The lowest BCUT2D eigenvalue weighted by atomic mass is 9.79.